The van der Waals surface area contributed by atoms with Crippen molar-refractivity contribution in [3.63, 3.8) is 0 Å². The fourth-order valence-corrected chi connectivity index (χ4v) is 3.75. The number of carbonyl (C=O) groups excluding carboxylic acids is 1. The lowest BCUT2D eigenvalue weighted by Gasteiger charge is -2.20. The summed E-state index contributed by atoms with van der Waals surface area (Å²) in [6, 6.07) is 0. The van der Waals surface area contributed by atoms with Crippen LogP contribution in [0, 0.1) is 11.8 Å². The molecule has 0 amide bonds. The molecule has 3 aliphatic rings. The molecule has 0 aromatic rings. The van der Waals surface area contributed by atoms with Crippen LogP contribution in [0.2, 0.25) is 0 Å². The van der Waals surface area contributed by atoms with E-state index in [9.17, 15) is 4.79 Å². The van der Waals surface area contributed by atoms with Gasteiger partial charge in [-0.1, -0.05) is 18.2 Å². The van der Waals surface area contributed by atoms with Gasteiger partial charge in [0.25, 0.3) is 0 Å². The van der Waals surface area contributed by atoms with Gasteiger partial charge < -0.3 is 4.74 Å². The quantitative estimate of drug-likeness (QED) is 0.372. The van der Waals surface area contributed by atoms with Crippen LogP contribution in [-0.4, -0.2) is 17.5 Å². The fraction of sp³-hybridized carbons (Fsp3) is 0.688. The summed E-state index contributed by atoms with van der Waals surface area (Å²) in [7, 11) is 0. The van der Waals surface area contributed by atoms with E-state index in [1.54, 1.807) is 0 Å². The van der Waals surface area contributed by atoms with Crippen LogP contribution in [0.5, 0.6) is 0 Å². The maximum absolute atomic E-state index is 11.9. The lowest BCUT2D eigenvalue weighted by molar-refractivity contribution is -0.114. The van der Waals surface area contributed by atoms with E-state index in [0.717, 1.165) is 31.3 Å². The normalized spacial score (nSPS) is 44.1. The van der Waals surface area contributed by atoms with Crippen LogP contribution in [0.15, 0.2) is 23.8 Å². The lowest BCUT2D eigenvalue weighted by Crippen LogP contribution is -2.22. The van der Waals surface area contributed by atoms with Crippen molar-refractivity contribution in [2.45, 2.75) is 57.7 Å². The molecule has 1 aliphatic heterocycles. The van der Waals surface area contributed by atoms with Gasteiger partial charge in [-0.15, -0.1) is 0 Å². The molecule has 0 bridgehead atoms. The molecule has 0 aromatic carbocycles. The Labute approximate surface area is 109 Å². The fourth-order valence-electron chi connectivity index (χ4n) is 3.75. The monoisotopic (exact) mass is 246 g/mol. The summed E-state index contributed by atoms with van der Waals surface area (Å²) in [5.74, 6) is 1.01. The number of hydrogen-bond donors (Lipinski definition) is 0. The first-order valence-electron chi connectivity index (χ1n) is 7.07. The maximum atomic E-state index is 11.9. The largest absolute Gasteiger partial charge is 0.366 e. The van der Waals surface area contributed by atoms with Crippen LogP contribution in [0.25, 0.3) is 0 Å². The standard InChI is InChI=1S/C16H22O2/c1-10-5-4-8-16(3)15(18-16)13-9-14(17)11(2)12(13)7-6-10/h5,12-13,15H,2,4,6-9H2,1,3H3. The van der Waals surface area contributed by atoms with Gasteiger partial charge in [-0.2, -0.15) is 0 Å². The highest BCUT2D eigenvalue weighted by Gasteiger charge is 2.59. The molecule has 3 rings (SSSR count). The number of rotatable bonds is 0. The third kappa shape index (κ3) is 1.87. The summed E-state index contributed by atoms with van der Waals surface area (Å²) in [6.45, 7) is 8.42. The Morgan fingerprint density at radius 3 is 3.06 bits per heavy atom. The van der Waals surface area contributed by atoms with E-state index < -0.39 is 0 Å². The van der Waals surface area contributed by atoms with E-state index in [1.807, 2.05) is 0 Å². The Bertz CT molecular complexity index is 434. The second-order valence-corrected chi connectivity index (χ2v) is 6.40. The summed E-state index contributed by atoms with van der Waals surface area (Å²) in [5, 5.41) is 0. The second kappa shape index (κ2) is 4.06. The van der Waals surface area contributed by atoms with Gasteiger partial charge in [0.2, 0.25) is 0 Å². The van der Waals surface area contributed by atoms with Crippen LogP contribution < -0.4 is 0 Å². The first-order chi connectivity index (χ1) is 8.51. The highest BCUT2D eigenvalue weighted by molar-refractivity contribution is 5.98. The molecule has 2 heteroatoms. The summed E-state index contributed by atoms with van der Waals surface area (Å²) in [4.78, 5) is 11.9. The number of hydrogen-bond acceptors (Lipinski definition) is 2. The van der Waals surface area contributed by atoms with Gasteiger partial charge in [0.15, 0.2) is 5.78 Å². The van der Waals surface area contributed by atoms with Gasteiger partial charge in [-0.25, -0.2) is 0 Å². The minimum absolute atomic E-state index is 0.0158. The number of Topliss-reactive ketones (excluding diaryl/α,β-unsaturated/α-hetero) is 1. The van der Waals surface area contributed by atoms with E-state index >= 15 is 0 Å². The third-order valence-electron chi connectivity index (χ3n) is 5.06. The Morgan fingerprint density at radius 1 is 1.50 bits per heavy atom. The zero-order valence-electron chi connectivity index (χ0n) is 11.4. The molecular formula is C16H22O2. The van der Waals surface area contributed by atoms with Gasteiger partial charge in [0.1, 0.15) is 0 Å². The summed E-state index contributed by atoms with van der Waals surface area (Å²) < 4.78 is 5.96. The third-order valence-corrected chi connectivity index (χ3v) is 5.06. The van der Waals surface area contributed by atoms with Gasteiger partial charge in [0, 0.05) is 12.3 Å². The average Bonchev–Trinajstić information content (AvgIpc) is 2.90. The zero-order chi connectivity index (χ0) is 12.9. The SMILES string of the molecule is C=C1C(=O)CC2C1CCC(C)=CCCC1(C)OC21. The Kier molecular flexibility index (Phi) is 2.74. The van der Waals surface area contributed by atoms with Gasteiger partial charge in [0.05, 0.1) is 11.7 Å². The van der Waals surface area contributed by atoms with E-state index in [2.05, 4.69) is 26.5 Å². The van der Waals surface area contributed by atoms with Crippen molar-refractivity contribution in [1.29, 1.82) is 0 Å². The lowest BCUT2D eigenvalue weighted by atomic mass is 9.81. The molecule has 18 heavy (non-hydrogen) atoms. The molecule has 1 heterocycles. The molecule has 1 saturated heterocycles. The number of ether oxygens (including phenoxy) is 1. The van der Waals surface area contributed by atoms with Crippen molar-refractivity contribution in [2.75, 3.05) is 0 Å². The minimum atomic E-state index is 0.0158. The molecule has 0 aromatic heterocycles. The van der Waals surface area contributed by atoms with Gasteiger partial charge in [-0.05, 0) is 51.0 Å². The molecule has 0 N–H and O–H groups in total. The molecule has 4 unspecified atom stereocenters. The topological polar surface area (TPSA) is 29.6 Å². The van der Waals surface area contributed by atoms with Crippen LogP contribution >= 0.6 is 0 Å². The molecule has 0 spiro atoms. The van der Waals surface area contributed by atoms with Crippen LogP contribution in [0.1, 0.15) is 46.0 Å². The summed E-state index contributed by atoms with van der Waals surface area (Å²) in [6.07, 6.45) is 7.63. The van der Waals surface area contributed by atoms with Crippen LogP contribution in [0.4, 0.5) is 0 Å². The Morgan fingerprint density at radius 2 is 2.28 bits per heavy atom. The molecule has 2 aliphatic carbocycles. The van der Waals surface area contributed by atoms with Crippen LogP contribution in [-0.2, 0) is 9.53 Å². The Balaban J connectivity index is 1.87. The van der Waals surface area contributed by atoms with Crippen molar-refractivity contribution in [2.24, 2.45) is 11.8 Å². The molecule has 0 radical (unpaired) electrons. The van der Waals surface area contributed by atoms with E-state index in [4.69, 9.17) is 4.74 Å². The molecule has 98 valence electrons. The van der Waals surface area contributed by atoms with Crippen molar-refractivity contribution in [3.8, 4) is 0 Å². The average molecular weight is 246 g/mol. The van der Waals surface area contributed by atoms with E-state index in [-0.39, 0.29) is 17.5 Å². The van der Waals surface area contributed by atoms with E-state index in [0.29, 0.717) is 18.3 Å². The van der Waals surface area contributed by atoms with E-state index in [1.165, 1.54) is 5.57 Å². The Hall–Kier alpha value is -0.890. The predicted molar refractivity (Wildman–Crippen MR) is 71.2 cm³/mol. The number of ketones is 1. The first kappa shape index (κ1) is 12.2. The summed E-state index contributed by atoms with van der Waals surface area (Å²) in [5.41, 5.74) is 2.32. The van der Waals surface area contributed by atoms with Crippen molar-refractivity contribution >= 4 is 5.78 Å². The highest BCUT2D eigenvalue weighted by Crippen LogP contribution is 2.53. The zero-order valence-corrected chi connectivity index (χ0v) is 11.4. The second-order valence-electron chi connectivity index (χ2n) is 6.40. The summed E-state index contributed by atoms with van der Waals surface area (Å²) >= 11 is 0. The number of epoxide rings is 1. The predicted octanol–water partition coefficient (Wildman–Crippen LogP) is 3.43. The highest BCUT2D eigenvalue weighted by atomic mass is 16.6. The van der Waals surface area contributed by atoms with Gasteiger partial charge in [-0.3, -0.25) is 4.79 Å². The molecule has 1 saturated carbocycles. The molecule has 2 fully saturated rings. The van der Waals surface area contributed by atoms with Crippen molar-refractivity contribution in [3.05, 3.63) is 23.8 Å². The maximum Gasteiger partial charge on any atom is 0.158 e. The first-order valence-corrected chi connectivity index (χ1v) is 7.07. The van der Waals surface area contributed by atoms with Crippen molar-refractivity contribution < 1.29 is 9.53 Å². The molecule has 4 atom stereocenters. The number of fused-ring (bicyclic) bond motifs is 3. The van der Waals surface area contributed by atoms with Crippen LogP contribution in [0.3, 0.4) is 0 Å². The smallest absolute Gasteiger partial charge is 0.158 e. The number of carbonyl (C=O) groups is 1. The number of allylic oxidation sites excluding steroid dienone is 3. The molecule has 2 nitrogen and oxygen atoms in total. The minimum Gasteiger partial charge on any atom is -0.366 e. The molecular weight excluding hydrogens is 224 g/mol. The van der Waals surface area contributed by atoms with Gasteiger partial charge >= 0.3 is 0 Å². The van der Waals surface area contributed by atoms with Crippen molar-refractivity contribution in [1.82, 2.24) is 0 Å².